The molecule has 0 radical (unpaired) electrons. The Morgan fingerprint density at radius 2 is 1.58 bits per heavy atom. The summed E-state index contributed by atoms with van der Waals surface area (Å²) >= 11 is 0. The van der Waals surface area contributed by atoms with Gasteiger partial charge in [-0.1, -0.05) is 42.0 Å². The zero-order valence-electron chi connectivity index (χ0n) is 18.0. The average molecular weight is 435 g/mol. The van der Waals surface area contributed by atoms with Gasteiger partial charge in [-0.05, 0) is 73.7 Å². The van der Waals surface area contributed by atoms with Crippen LogP contribution in [0, 0.1) is 20.8 Å². The number of rotatable bonds is 4. The van der Waals surface area contributed by atoms with Crippen molar-refractivity contribution in [3.8, 4) is 0 Å². The molecular weight excluding hydrogens is 408 g/mol. The van der Waals surface area contributed by atoms with E-state index >= 15 is 0 Å². The Morgan fingerprint density at radius 1 is 0.903 bits per heavy atom. The molecule has 1 aliphatic rings. The third kappa shape index (κ3) is 4.35. The first-order chi connectivity index (χ1) is 14.7. The Bertz CT molecular complexity index is 1230. The van der Waals surface area contributed by atoms with Crippen LogP contribution in [0.5, 0.6) is 0 Å². The van der Waals surface area contributed by atoms with Crippen LogP contribution in [0.1, 0.15) is 38.2 Å². The van der Waals surface area contributed by atoms with Gasteiger partial charge in [0.25, 0.3) is 15.9 Å². The number of sulfonamides is 1. The first kappa shape index (κ1) is 21.1. The fraction of sp³-hybridized carbons (Fsp3) is 0.240. The van der Waals surface area contributed by atoms with Crippen LogP contribution in [0.3, 0.4) is 0 Å². The Hall–Kier alpha value is -3.12. The lowest BCUT2D eigenvalue weighted by Crippen LogP contribution is -2.36. The van der Waals surface area contributed by atoms with Gasteiger partial charge in [0.2, 0.25) is 0 Å². The van der Waals surface area contributed by atoms with Crippen LogP contribution in [-0.4, -0.2) is 25.8 Å². The minimum Gasteiger partial charge on any atom is -0.334 e. The molecule has 1 N–H and O–H groups in total. The maximum absolute atomic E-state index is 13.1. The van der Waals surface area contributed by atoms with Gasteiger partial charge in [0.1, 0.15) is 0 Å². The molecule has 0 saturated heterocycles. The summed E-state index contributed by atoms with van der Waals surface area (Å²) in [4.78, 5) is 15.0. The van der Waals surface area contributed by atoms with Crippen molar-refractivity contribution in [2.24, 2.45) is 0 Å². The predicted molar refractivity (Wildman–Crippen MR) is 123 cm³/mol. The highest BCUT2D eigenvalue weighted by molar-refractivity contribution is 7.92. The molecule has 31 heavy (non-hydrogen) atoms. The molecule has 1 aliphatic heterocycles. The van der Waals surface area contributed by atoms with E-state index in [0.717, 1.165) is 34.2 Å². The van der Waals surface area contributed by atoms with Gasteiger partial charge >= 0.3 is 0 Å². The molecule has 1 heterocycles. The van der Waals surface area contributed by atoms with Crippen LogP contribution in [0.25, 0.3) is 0 Å². The van der Waals surface area contributed by atoms with Gasteiger partial charge in [-0.15, -0.1) is 0 Å². The molecule has 3 aromatic rings. The SMILES string of the molecule is Cc1cc(C)c(S(=O)(=O)Nc2ccc3c(c2)CN(C(=O)c2ccccc2)CC3)c(C)c1. The molecule has 4 rings (SSSR count). The minimum atomic E-state index is -3.72. The lowest BCUT2D eigenvalue weighted by molar-refractivity contribution is 0.0734. The van der Waals surface area contributed by atoms with E-state index in [1.54, 1.807) is 6.07 Å². The largest absolute Gasteiger partial charge is 0.334 e. The molecule has 160 valence electrons. The van der Waals surface area contributed by atoms with E-state index in [9.17, 15) is 13.2 Å². The summed E-state index contributed by atoms with van der Waals surface area (Å²) < 4.78 is 28.9. The van der Waals surface area contributed by atoms with Crippen molar-refractivity contribution in [1.82, 2.24) is 4.90 Å². The molecule has 0 unspecified atom stereocenters. The van der Waals surface area contributed by atoms with Gasteiger partial charge in [0, 0.05) is 24.3 Å². The Kier molecular flexibility index (Phi) is 5.58. The number of hydrogen-bond donors (Lipinski definition) is 1. The van der Waals surface area contributed by atoms with Gasteiger partial charge in [0.15, 0.2) is 0 Å². The number of anilines is 1. The van der Waals surface area contributed by atoms with Crippen LogP contribution in [0.4, 0.5) is 5.69 Å². The number of fused-ring (bicyclic) bond motifs is 1. The highest BCUT2D eigenvalue weighted by Gasteiger charge is 2.24. The van der Waals surface area contributed by atoms with Crippen LogP contribution < -0.4 is 4.72 Å². The van der Waals surface area contributed by atoms with Crippen molar-refractivity contribution in [3.63, 3.8) is 0 Å². The third-order valence-electron chi connectivity index (χ3n) is 5.65. The van der Waals surface area contributed by atoms with Crippen molar-refractivity contribution in [2.45, 2.75) is 38.6 Å². The maximum atomic E-state index is 13.1. The number of carbonyl (C=O) groups excluding carboxylic acids is 1. The molecule has 0 aliphatic carbocycles. The Morgan fingerprint density at radius 3 is 2.26 bits per heavy atom. The number of aryl methyl sites for hydroxylation is 3. The highest BCUT2D eigenvalue weighted by atomic mass is 32.2. The van der Waals surface area contributed by atoms with Crippen molar-refractivity contribution < 1.29 is 13.2 Å². The van der Waals surface area contributed by atoms with E-state index in [0.29, 0.717) is 29.2 Å². The molecular formula is C25H26N2O3S. The number of nitrogens with one attached hydrogen (secondary N) is 1. The second kappa shape index (κ2) is 8.19. The summed E-state index contributed by atoms with van der Waals surface area (Å²) in [7, 11) is -3.72. The van der Waals surface area contributed by atoms with Gasteiger partial charge in [-0.2, -0.15) is 0 Å². The molecule has 0 bridgehead atoms. The maximum Gasteiger partial charge on any atom is 0.262 e. The van der Waals surface area contributed by atoms with Gasteiger partial charge in [0.05, 0.1) is 4.90 Å². The molecule has 0 atom stereocenters. The highest BCUT2D eigenvalue weighted by Crippen LogP contribution is 2.27. The zero-order chi connectivity index (χ0) is 22.2. The lowest BCUT2D eigenvalue weighted by Gasteiger charge is -2.29. The minimum absolute atomic E-state index is 0.0110. The van der Waals surface area contributed by atoms with Crippen LogP contribution in [-0.2, 0) is 23.0 Å². The molecule has 0 aromatic heterocycles. The van der Waals surface area contributed by atoms with Gasteiger partial charge in [-0.25, -0.2) is 8.42 Å². The quantitative estimate of drug-likeness (QED) is 0.652. The molecule has 0 saturated carbocycles. The Labute approximate surface area is 183 Å². The fourth-order valence-corrected chi connectivity index (χ4v) is 5.86. The normalized spacial score (nSPS) is 13.6. The summed E-state index contributed by atoms with van der Waals surface area (Å²) in [6.07, 6.45) is 0.747. The predicted octanol–water partition coefficient (Wildman–Crippen LogP) is 4.61. The molecule has 0 spiro atoms. The van der Waals surface area contributed by atoms with E-state index < -0.39 is 10.0 Å². The van der Waals surface area contributed by atoms with Crippen LogP contribution in [0.15, 0.2) is 65.6 Å². The Balaban J connectivity index is 1.59. The summed E-state index contributed by atoms with van der Waals surface area (Å²) in [5, 5.41) is 0. The summed E-state index contributed by atoms with van der Waals surface area (Å²) in [6.45, 7) is 6.69. The second-order valence-corrected chi connectivity index (χ2v) is 9.78. The smallest absolute Gasteiger partial charge is 0.262 e. The van der Waals surface area contributed by atoms with E-state index in [1.165, 1.54) is 0 Å². The van der Waals surface area contributed by atoms with Crippen molar-refractivity contribution in [3.05, 3.63) is 94.0 Å². The topological polar surface area (TPSA) is 66.5 Å². The lowest BCUT2D eigenvalue weighted by atomic mass is 9.98. The van der Waals surface area contributed by atoms with Gasteiger partial charge in [-0.3, -0.25) is 9.52 Å². The van der Waals surface area contributed by atoms with Crippen LogP contribution in [0.2, 0.25) is 0 Å². The average Bonchev–Trinajstić information content (AvgIpc) is 2.72. The van der Waals surface area contributed by atoms with Crippen molar-refractivity contribution >= 4 is 21.6 Å². The van der Waals surface area contributed by atoms with Crippen molar-refractivity contribution in [1.29, 1.82) is 0 Å². The van der Waals surface area contributed by atoms with E-state index in [-0.39, 0.29) is 5.91 Å². The van der Waals surface area contributed by atoms with E-state index in [2.05, 4.69) is 4.72 Å². The van der Waals surface area contributed by atoms with E-state index in [4.69, 9.17) is 0 Å². The number of benzene rings is 3. The summed E-state index contributed by atoms with van der Waals surface area (Å²) in [6, 6.07) is 18.6. The van der Waals surface area contributed by atoms with Crippen LogP contribution >= 0.6 is 0 Å². The third-order valence-corrected chi connectivity index (χ3v) is 7.34. The van der Waals surface area contributed by atoms with Crippen molar-refractivity contribution in [2.75, 3.05) is 11.3 Å². The molecule has 5 nitrogen and oxygen atoms in total. The number of hydrogen-bond acceptors (Lipinski definition) is 3. The second-order valence-electron chi connectivity index (χ2n) is 8.16. The standard InChI is InChI=1S/C25H26N2O3S/c1-17-13-18(2)24(19(3)14-17)31(29,30)26-23-10-9-20-11-12-27(16-22(20)15-23)25(28)21-7-5-4-6-8-21/h4-10,13-15,26H,11-12,16H2,1-3H3. The monoisotopic (exact) mass is 434 g/mol. The summed E-state index contributed by atoms with van der Waals surface area (Å²) in [5.41, 5.74) is 5.76. The molecule has 1 amide bonds. The first-order valence-corrected chi connectivity index (χ1v) is 11.8. The van der Waals surface area contributed by atoms with E-state index in [1.807, 2.05) is 80.3 Å². The molecule has 3 aromatic carbocycles. The zero-order valence-corrected chi connectivity index (χ0v) is 18.8. The number of carbonyl (C=O) groups is 1. The number of nitrogens with zero attached hydrogens (tertiary/aromatic N) is 1. The van der Waals surface area contributed by atoms with Gasteiger partial charge < -0.3 is 4.90 Å². The number of amides is 1. The fourth-order valence-electron chi connectivity index (χ4n) is 4.35. The first-order valence-electron chi connectivity index (χ1n) is 10.3. The molecule has 6 heteroatoms. The molecule has 0 fully saturated rings. The summed E-state index contributed by atoms with van der Waals surface area (Å²) in [5.74, 6) is -0.0110.